The highest BCUT2D eigenvalue weighted by molar-refractivity contribution is 7.07. The summed E-state index contributed by atoms with van der Waals surface area (Å²) in [7, 11) is 0. The molecule has 0 fully saturated rings. The summed E-state index contributed by atoms with van der Waals surface area (Å²) in [5.74, 6) is 0.711. The molecule has 3 aromatic rings. The monoisotopic (exact) mass is 504 g/mol. The lowest BCUT2D eigenvalue weighted by atomic mass is 9.87. The van der Waals surface area contributed by atoms with E-state index in [-0.39, 0.29) is 24.4 Å². The first kappa shape index (κ1) is 24.1. The number of rotatable bonds is 4. The van der Waals surface area contributed by atoms with Crippen molar-refractivity contribution in [1.82, 2.24) is 4.57 Å². The third-order valence-corrected chi connectivity index (χ3v) is 7.29. The van der Waals surface area contributed by atoms with Crippen LogP contribution in [0.2, 0.25) is 0 Å². The molecule has 7 nitrogen and oxygen atoms in total. The van der Waals surface area contributed by atoms with Gasteiger partial charge in [0.15, 0.2) is 16.3 Å². The minimum Gasteiger partial charge on any atom is -0.463 e. The fourth-order valence-corrected chi connectivity index (χ4v) is 5.47. The van der Waals surface area contributed by atoms with E-state index in [0.717, 1.165) is 11.1 Å². The summed E-state index contributed by atoms with van der Waals surface area (Å²) in [5.41, 5.74) is 3.56. The van der Waals surface area contributed by atoms with Gasteiger partial charge in [-0.2, -0.15) is 0 Å². The lowest BCUT2D eigenvalue weighted by molar-refractivity contribution is -0.139. The van der Waals surface area contributed by atoms with Gasteiger partial charge in [-0.15, -0.1) is 0 Å². The first-order valence-corrected chi connectivity index (χ1v) is 12.7. The molecule has 3 heterocycles. The highest BCUT2D eigenvalue weighted by atomic mass is 32.1. The summed E-state index contributed by atoms with van der Waals surface area (Å²) in [4.78, 5) is 32.0. The molecule has 0 aliphatic carbocycles. The first-order valence-electron chi connectivity index (χ1n) is 11.9. The van der Waals surface area contributed by atoms with Gasteiger partial charge < -0.3 is 14.2 Å². The van der Waals surface area contributed by atoms with Crippen molar-refractivity contribution in [3.05, 3.63) is 90.1 Å². The molecule has 2 aliphatic rings. The van der Waals surface area contributed by atoms with E-state index >= 15 is 0 Å². The smallest absolute Gasteiger partial charge is 0.338 e. The number of carbonyl (C=O) groups is 1. The minimum atomic E-state index is -0.694. The van der Waals surface area contributed by atoms with Gasteiger partial charge in [0, 0.05) is 0 Å². The Balaban J connectivity index is 1.67. The average Bonchev–Trinajstić information content (AvgIpc) is 3.42. The van der Waals surface area contributed by atoms with Crippen molar-refractivity contribution >= 4 is 23.4 Å². The minimum absolute atomic E-state index is 0.0451. The molecule has 8 heteroatoms. The SMILES string of the molecule is CCOC(=O)C1=C(C)N=c2s/c(=C\c3ccc(C(C)(C)C)cc3)c(=O)n2[C@H]1c1ccc2c(c1)OCO2. The Kier molecular flexibility index (Phi) is 6.08. The fourth-order valence-electron chi connectivity index (χ4n) is 4.42. The van der Waals surface area contributed by atoms with Gasteiger partial charge in [-0.1, -0.05) is 62.4 Å². The molecule has 186 valence electrons. The van der Waals surface area contributed by atoms with Crippen LogP contribution in [0.1, 0.15) is 57.4 Å². The van der Waals surface area contributed by atoms with Crippen LogP contribution in [0.5, 0.6) is 11.5 Å². The number of hydrogen-bond acceptors (Lipinski definition) is 7. The third kappa shape index (κ3) is 4.26. The summed E-state index contributed by atoms with van der Waals surface area (Å²) in [6.07, 6.45) is 1.87. The second kappa shape index (κ2) is 9.09. The largest absolute Gasteiger partial charge is 0.463 e. The molecule has 0 radical (unpaired) electrons. The van der Waals surface area contributed by atoms with E-state index in [1.165, 1.54) is 16.9 Å². The second-order valence-electron chi connectivity index (χ2n) is 9.79. The number of ether oxygens (including phenoxy) is 3. The van der Waals surface area contributed by atoms with E-state index in [0.29, 0.717) is 32.1 Å². The van der Waals surface area contributed by atoms with Crippen molar-refractivity contribution in [1.29, 1.82) is 0 Å². The number of carbonyl (C=O) groups excluding carboxylic acids is 1. The van der Waals surface area contributed by atoms with Crippen molar-refractivity contribution < 1.29 is 19.0 Å². The number of thiazole rings is 1. The molecule has 0 saturated carbocycles. The van der Waals surface area contributed by atoms with Gasteiger partial charge >= 0.3 is 5.97 Å². The van der Waals surface area contributed by atoms with Crippen LogP contribution in [0.25, 0.3) is 6.08 Å². The Bertz CT molecular complexity index is 1560. The molecule has 2 aromatic carbocycles. The summed E-state index contributed by atoms with van der Waals surface area (Å²) in [6, 6.07) is 13.0. The number of aromatic nitrogens is 1. The van der Waals surface area contributed by atoms with E-state index in [2.05, 4.69) is 37.9 Å². The first-order chi connectivity index (χ1) is 17.2. The Morgan fingerprint density at radius 1 is 1.17 bits per heavy atom. The molecule has 1 aromatic heterocycles. The van der Waals surface area contributed by atoms with Crippen LogP contribution in [0, 0.1) is 0 Å². The lowest BCUT2D eigenvalue weighted by Crippen LogP contribution is -2.39. The Morgan fingerprint density at radius 2 is 1.89 bits per heavy atom. The van der Waals surface area contributed by atoms with E-state index in [1.807, 2.05) is 30.3 Å². The van der Waals surface area contributed by atoms with Gasteiger partial charge in [0.2, 0.25) is 6.79 Å². The quantitative estimate of drug-likeness (QED) is 0.505. The number of hydrogen-bond donors (Lipinski definition) is 0. The van der Waals surface area contributed by atoms with Gasteiger partial charge in [0.1, 0.15) is 0 Å². The summed E-state index contributed by atoms with van der Waals surface area (Å²) in [6.45, 7) is 10.4. The van der Waals surface area contributed by atoms with Crippen LogP contribution in [-0.4, -0.2) is 23.9 Å². The van der Waals surface area contributed by atoms with Gasteiger partial charge in [0.05, 0.1) is 28.5 Å². The van der Waals surface area contributed by atoms with Crippen molar-refractivity contribution in [2.45, 2.75) is 46.1 Å². The zero-order chi connectivity index (χ0) is 25.6. The molecule has 36 heavy (non-hydrogen) atoms. The van der Waals surface area contributed by atoms with E-state index < -0.39 is 12.0 Å². The number of allylic oxidation sites excluding steroid dienone is 1. The van der Waals surface area contributed by atoms with Crippen LogP contribution < -0.4 is 24.4 Å². The van der Waals surface area contributed by atoms with Crippen LogP contribution in [0.3, 0.4) is 0 Å². The van der Waals surface area contributed by atoms with E-state index in [4.69, 9.17) is 14.2 Å². The van der Waals surface area contributed by atoms with Crippen LogP contribution in [-0.2, 0) is 14.9 Å². The molecular formula is C28H28N2O5S. The molecule has 0 bridgehead atoms. The average molecular weight is 505 g/mol. The molecule has 0 N–H and O–H groups in total. The predicted octanol–water partition coefficient (Wildman–Crippen LogP) is 3.82. The van der Waals surface area contributed by atoms with E-state index in [1.54, 1.807) is 24.5 Å². The molecule has 1 atom stereocenters. The summed E-state index contributed by atoms with van der Waals surface area (Å²) < 4.78 is 18.5. The van der Waals surface area contributed by atoms with Gasteiger partial charge in [-0.3, -0.25) is 9.36 Å². The van der Waals surface area contributed by atoms with Crippen LogP contribution in [0.4, 0.5) is 0 Å². The number of benzene rings is 2. The number of fused-ring (bicyclic) bond motifs is 2. The molecular weight excluding hydrogens is 476 g/mol. The molecule has 2 aliphatic heterocycles. The van der Waals surface area contributed by atoms with Gasteiger partial charge in [-0.05, 0) is 54.2 Å². The Morgan fingerprint density at radius 3 is 2.58 bits per heavy atom. The van der Waals surface area contributed by atoms with Crippen molar-refractivity contribution in [2.24, 2.45) is 4.99 Å². The molecule has 5 rings (SSSR count). The summed E-state index contributed by atoms with van der Waals surface area (Å²) in [5, 5.41) is 0. The maximum Gasteiger partial charge on any atom is 0.338 e. The third-order valence-electron chi connectivity index (χ3n) is 6.30. The summed E-state index contributed by atoms with van der Waals surface area (Å²) >= 11 is 1.31. The molecule has 0 unspecified atom stereocenters. The molecule has 0 saturated heterocycles. The van der Waals surface area contributed by atoms with Crippen molar-refractivity contribution in [3.8, 4) is 11.5 Å². The maximum absolute atomic E-state index is 13.7. The van der Waals surface area contributed by atoms with Gasteiger partial charge in [-0.25, -0.2) is 9.79 Å². The second-order valence-corrected chi connectivity index (χ2v) is 10.8. The molecule has 0 spiro atoms. The predicted molar refractivity (Wildman–Crippen MR) is 138 cm³/mol. The molecule has 0 amide bonds. The zero-order valence-corrected chi connectivity index (χ0v) is 21.8. The highest BCUT2D eigenvalue weighted by Gasteiger charge is 2.34. The topological polar surface area (TPSA) is 79.1 Å². The Hall–Kier alpha value is -3.65. The maximum atomic E-state index is 13.7. The zero-order valence-electron chi connectivity index (χ0n) is 21.0. The highest BCUT2D eigenvalue weighted by Crippen LogP contribution is 2.38. The van der Waals surface area contributed by atoms with Crippen LogP contribution in [0.15, 0.2) is 63.5 Å². The standard InChI is InChI=1S/C28H28N2O5S/c1-6-33-26(32)23-16(2)29-27-30(24(23)18-9-12-20-21(14-18)35-15-34-20)25(31)22(36-27)13-17-7-10-19(11-8-17)28(3,4)5/h7-14,24H,6,15H2,1-5H3/b22-13-/t24-/m0/s1. The Labute approximate surface area is 213 Å². The lowest BCUT2D eigenvalue weighted by Gasteiger charge is -2.24. The normalized spacial score (nSPS) is 17.1. The number of esters is 1. The van der Waals surface area contributed by atoms with Crippen molar-refractivity contribution in [3.63, 3.8) is 0 Å². The number of nitrogens with zero attached hydrogens (tertiary/aromatic N) is 2. The fraction of sp³-hybridized carbons (Fsp3) is 0.321. The van der Waals surface area contributed by atoms with E-state index in [9.17, 15) is 9.59 Å². The van der Waals surface area contributed by atoms with Crippen molar-refractivity contribution in [2.75, 3.05) is 13.4 Å². The van der Waals surface area contributed by atoms with Crippen LogP contribution >= 0.6 is 11.3 Å². The van der Waals surface area contributed by atoms with Gasteiger partial charge in [0.25, 0.3) is 5.56 Å².